The summed E-state index contributed by atoms with van der Waals surface area (Å²) in [6, 6.07) is 8.03. The van der Waals surface area contributed by atoms with E-state index in [1.165, 1.54) is 0 Å². The number of rotatable bonds is 4. The fourth-order valence-corrected chi connectivity index (χ4v) is 1.94. The summed E-state index contributed by atoms with van der Waals surface area (Å²) in [7, 11) is 4.02. The van der Waals surface area contributed by atoms with Gasteiger partial charge in [-0.3, -0.25) is 4.98 Å². The molecule has 1 aromatic heterocycles. The SMILES string of the molecule is CN(C)CCC(O)c1cncc2ccccc12. The lowest BCUT2D eigenvalue weighted by atomic mass is 10.0. The third-order valence-corrected chi connectivity index (χ3v) is 2.91. The maximum absolute atomic E-state index is 10.2. The van der Waals surface area contributed by atoms with Gasteiger partial charge in [-0.2, -0.15) is 0 Å². The molecule has 1 atom stereocenters. The molecule has 1 heterocycles. The van der Waals surface area contributed by atoms with Crippen LogP contribution in [0.15, 0.2) is 36.7 Å². The van der Waals surface area contributed by atoms with E-state index in [9.17, 15) is 5.11 Å². The monoisotopic (exact) mass is 230 g/mol. The van der Waals surface area contributed by atoms with Crippen LogP contribution in [0.2, 0.25) is 0 Å². The number of aliphatic hydroxyl groups excluding tert-OH is 1. The normalized spacial score (nSPS) is 13.2. The Balaban J connectivity index is 2.28. The molecule has 17 heavy (non-hydrogen) atoms. The molecule has 1 N–H and O–H groups in total. The summed E-state index contributed by atoms with van der Waals surface area (Å²) in [6.45, 7) is 0.865. The molecule has 0 spiro atoms. The van der Waals surface area contributed by atoms with Crippen LogP contribution in [0.3, 0.4) is 0 Å². The van der Waals surface area contributed by atoms with Gasteiger partial charge in [0.05, 0.1) is 6.10 Å². The van der Waals surface area contributed by atoms with Crippen LogP contribution >= 0.6 is 0 Å². The molecule has 90 valence electrons. The summed E-state index contributed by atoms with van der Waals surface area (Å²) in [4.78, 5) is 6.26. The maximum Gasteiger partial charge on any atom is 0.0823 e. The Labute approximate surface area is 102 Å². The molecule has 0 aliphatic carbocycles. The van der Waals surface area contributed by atoms with Gasteiger partial charge in [0, 0.05) is 29.9 Å². The quantitative estimate of drug-likeness (QED) is 0.875. The van der Waals surface area contributed by atoms with E-state index in [0.29, 0.717) is 0 Å². The standard InChI is InChI=1S/C14H18N2O/c1-16(2)8-7-14(17)13-10-15-9-11-5-3-4-6-12(11)13/h3-6,9-10,14,17H,7-8H2,1-2H3. The van der Waals surface area contributed by atoms with Gasteiger partial charge >= 0.3 is 0 Å². The number of nitrogens with zero attached hydrogens (tertiary/aromatic N) is 2. The molecular formula is C14H18N2O. The van der Waals surface area contributed by atoms with E-state index < -0.39 is 6.10 Å². The summed E-state index contributed by atoms with van der Waals surface area (Å²) in [5.41, 5.74) is 0.921. The van der Waals surface area contributed by atoms with Crippen molar-refractivity contribution in [2.75, 3.05) is 20.6 Å². The highest BCUT2D eigenvalue weighted by molar-refractivity contribution is 5.84. The van der Waals surface area contributed by atoms with Crippen LogP contribution in [0, 0.1) is 0 Å². The molecule has 0 bridgehead atoms. The molecule has 3 nitrogen and oxygen atoms in total. The predicted octanol–water partition coefficient (Wildman–Crippen LogP) is 2.22. The molecule has 2 aromatic rings. The first-order valence-corrected chi connectivity index (χ1v) is 5.84. The molecule has 0 aliphatic rings. The van der Waals surface area contributed by atoms with E-state index in [2.05, 4.69) is 9.88 Å². The van der Waals surface area contributed by atoms with Crippen LogP contribution in [0.5, 0.6) is 0 Å². The van der Waals surface area contributed by atoms with Gasteiger partial charge in [0.2, 0.25) is 0 Å². The molecule has 0 saturated carbocycles. The van der Waals surface area contributed by atoms with E-state index in [4.69, 9.17) is 0 Å². The van der Waals surface area contributed by atoms with Gasteiger partial charge < -0.3 is 10.0 Å². The summed E-state index contributed by atoms with van der Waals surface area (Å²) < 4.78 is 0. The second kappa shape index (κ2) is 5.25. The summed E-state index contributed by atoms with van der Waals surface area (Å²) in [5, 5.41) is 12.4. The lowest BCUT2D eigenvalue weighted by molar-refractivity contribution is 0.155. The number of pyridine rings is 1. The van der Waals surface area contributed by atoms with Crippen LogP contribution in [0.25, 0.3) is 10.8 Å². The number of aromatic nitrogens is 1. The summed E-state index contributed by atoms with van der Waals surface area (Å²) >= 11 is 0. The number of hydrogen-bond donors (Lipinski definition) is 1. The van der Waals surface area contributed by atoms with Crippen molar-refractivity contribution in [3.05, 3.63) is 42.2 Å². The zero-order valence-corrected chi connectivity index (χ0v) is 10.3. The number of aliphatic hydroxyl groups is 1. The Morgan fingerprint density at radius 1 is 1.24 bits per heavy atom. The average molecular weight is 230 g/mol. The Hall–Kier alpha value is -1.45. The highest BCUT2D eigenvalue weighted by atomic mass is 16.3. The summed E-state index contributed by atoms with van der Waals surface area (Å²) in [6.07, 6.45) is 3.87. The largest absolute Gasteiger partial charge is 0.388 e. The van der Waals surface area contributed by atoms with E-state index in [1.807, 2.05) is 44.6 Å². The highest BCUT2D eigenvalue weighted by Crippen LogP contribution is 2.24. The van der Waals surface area contributed by atoms with Gasteiger partial charge in [0.25, 0.3) is 0 Å². The van der Waals surface area contributed by atoms with Gasteiger partial charge in [-0.05, 0) is 25.9 Å². The van der Waals surface area contributed by atoms with Crippen LogP contribution in [-0.4, -0.2) is 35.6 Å². The fraction of sp³-hybridized carbons (Fsp3) is 0.357. The van der Waals surface area contributed by atoms with Gasteiger partial charge in [-0.25, -0.2) is 0 Å². The van der Waals surface area contributed by atoms with E-state index in [1.54, 1.807) is 6.20 Å². The first kappa shape index (κ1) is 12.0. The van der Waals surface area contributed by atoms with Crippen molar-refractivity contribution in [2.45, 2.75) is 12.5 Å². The smallest absolute Gasteiger partial charge is 0.0823 e. The molecule has 1 unspecified atom stereocenters. The fourth-order valence-electron chi connectivity index (χ4n) is 1.94. The lowest BCUT2D eigenvalue weighted by Crippen LogP contribution is -2.16. The minimum atomic E-state index is -0.448. The van der Waals surface area contributed by atoms with Crippen LogP contribution in [-0.2, 0) is 0 Å². The second-order valence-corrected chi connectivity index (χ2v) is 4.56. The van der Waals surface area contributed by atoms with Crippen molar-refractivity contribution in [1.82, 2.24) is 9.88 Å². The molecule has 0 radical (unpaired) electrons. The van der Waals surface area contributed by atoms with Crippen molar-refractivity contribution in [1.29, 1.82) is 0 Å². The Bertz CT molecular complexity index is 491. The topological polar surface area (TPSA) is 36.4 Å². The number of hydrogen-bond acceptors (Lipinski definition) is 3. The Morgan fingerprint density at radius 2 is 2.00 bits per heavy atom. The van der Waals surface area contributed by atoms with Gasteiger partial charge in [0.15, 0.2) is 0 Å². The van der Waals surface area contributed by atoms with E-state index in [0.717, 1.165) is 29.3 Å². The van der Waals surface area contributed by atoms with Crippen molar-refractivity contribution >= 4 is 10.8 Å². The molecular weight excluding hydrogens is 212 g/mol. The third-order valence-electron chi connectivity index (χ3n) is 2.91. The van der Waals surface area contributed by atoms with Gasteiger partial charge in [-0.1, -0.05) is 24.3 Å². The minimum Gasteiger partial charge on any atom is -0.388 e. The molecule has 0 aliphatic heterocycles. The molecule has 3 heteroatoms. The molecule has 0 saturated heterocycles. The summed E-state index contributed by atoms with van der Waals surface area (Å²) in [5.74, 6) is 0. The minimum absolute atomic E-state index is 0.448. The van der Waals surface area contributed by atoms with Crippen LogP contribution in [0.1, 0.15) is 18.1 Å². The predicted molar refractivity (Wildman–Crippen MR) is 69.9 cm³/mol. The number of benzene rings is 1. The Morgan fingerprint density at radius 3 is 2.76 bits per heavy atom. The third kappa shape index (κ3) is 2.81. The molecule has 0 amide bonds. The lowest BCUT2D eigenvalue weighted by Gasteiger charge is -2.16. The Kier molecular flexibility index (Phi) is 3.71. The van der Waals surface area contributed by atoms with Crippen LogP contribution < -0.4 is 0 Å². The van der Waals surface area contributed by atoms with Crippen molar-refractivity contribution < 1.29 is 5.11 Å². The van der Waals surface area contributed by atoms with Crippen molar-refractivity contribution in [3.8, 4) is 0 Å². The second-order valence-electron chi connectivity index (χ2n) is 4.56. The van der Waals surface area contributed by atoms with Crippen molar-refractivity contribution in [2.24, 2.45) is 0 Å². The van der Waals surface area contributed by atoms with E-state index >= 15 is 0 Å². The zero-order valence-electron chi connectivity index (χ0n) is 10.3. The maximum atomic E-state index is 10.2. The van der Waals surface area contributed by atoms with Crippen molar-refractivity contribution in [3.63, 3.8) is 0 Å². The van der Waals surface area contributed by atoms with Gasteiger partial charge in [-0.15, -0.1) is 0 Å². The molecule has 0 fully saturated rings. The highest BCUT2D eigenvalue weighted by Gasteiger charge is 2.11. The first-order valence-electron chi connectivity index (χ1n) is 5.84. The van der Waals surface area contributed by atoms with E-state index in [-0.39, 0.29) is 0 Å². The average Bonchev–Trinajstić information content (AvgIpc) is 2.35. The van der Waals surface area contributed by atoms with Gasteiger partial charge in [0.1, 0.15) is 0 Å². The molecule has 2 rings (SSSR count). The molecule has 1 aromatic carbocycles. The van der Waals surface area contributed by atoms with Crippen LogP contribution in [0.4, 0.5) is 0 Å². The zero-order chi connectivity index (χ0) is 12.3. The number of fused-ring (bicyclic) bond motifs is 1. The first-order chi connectivity index (χ1) is 8.18.